The zero-order valence-electron chi connectivity index (χ0n) is 26.0. The van der Waals surface area contributed by atoms with Crippen molar-refractivity contribution < 1.29 is 19.1 Å². The Hall–Kier alpha value is -2.14. The smallest absolute Gasteiger partial charge is 0.410 e. The summed E-state index contributed by atoms with van der Waals surface area (Å²) >= 11 is 0. The number of carbonyl (C=O) groups excluding carboxylic acids is 2. The van der Waals surface area contributed by atoms with Crippen LogP contribution in [0.3, 0.4) is 0 Å². The van der Waals surface area contributed by atoms with Gasteiger partial charge in [-0.3, -0.25) is 4.79 Å². The molecule has 2 heterocycles. The van der Waals surface area contributed by atoms with Crippen LogP contribution in [0, 0.1) is 35.0 Å². The van der Waals surface area contributed by atoms with Gasteiger partial charge in [-0.1, -0.05) is 70.0 Å². The van der Waals surface area contributed by atoms with Crippen LogP contribution in [0.5, 0.6) is 0 Å². The van der Waals surface area contributed by atoms with E-state index in [0.717, 1.165) is 57.1 Å². The van der Waals surface area contributed by atoms with Crippen LogP contribution in [-0.4, -0.2) is 41.1 Å². The Kier molecular flexibility index (Phi) is 7.89. The second kappa shape index (κ2) is 11.2. The van der Waals surface area contributed by atoms with Crippen LogP contribution in [0.4, 0.5) is 4.79 Å². The van der Waals surface area contributed by atoms with Crippen LogP contribution in [0.1, 0.15) is 104 Å². The molecule has 224 valence electrons. The van der Waals surface area contributed by atoms with Crippen LogP contribution in [0.15, 0.2) is 41.5 Å². The summed E-state index contributed by atoms with van der Waals surface area (Å²) < 4.78 is 13.1. The summed E-state index contributed by atoms with van der Waals surface area (Å²) in [4.78, 5) is 28.0. The first kappa shape index (κ1) is 29.0. The second-order valence-corrected chi connectivity index (χ2v) is 14.7. The molecule has 3 aliphatic carbocycles. The van der Waals surface area contributed by atoms with Gasteiger partial charge in [0.25, 0.3) is 0 Å². The van der Waals surface area contributed by atoms with Crippen molar-refractivity contribution in [1.82, 2.24) is 4.90 Å². The van der Waals surface area contributed by atoms with E-state index >= 15 is 0 Å². The molecule has 5 aliphatic rings. The molecule has 1 aromatic rings. The van der Waals surface area contributed by atoms with Crippen molar-refractivity contribution in [3.05, 3.63) is 47.0 Å². The molecule has 2 saturated carbocycles. The van der Waals surface area contributed by atoms with Crippen molar-refractivity contribution in [2.24, 2.45) is 35.0 Å². The molecular formula is C36H51NO4. The van der Waals surface area contributed by atoms with Crippen molar-refractivity contribution in [2.45, 2.75) is 123 Å². The molecule has 0 bridgehead atoms. The van der Waals surface area contributed by atoms with Gasteiger partial charge in [-0.15, -0.1) is 0 Å². The van der Waals surface area contributed by atoms with Gasteiger partial charge in [-0.05, 0) is 92.1 Å². The summed E-state index contributed by atoms with van der Waals surface area (Å²) in [6.45, 7) is 12.9. The lowest BCUT2D eigenvalue weighted by atomic mass is 9.58. The lowest BCUT2D eigenvalue weighted by molar-refractivity contribution is -0.126. The van der Waals surface area contributed by atoms with Gasteiger partial charge >= 0.3 is 6.09 Å². The fourth-order valence-electron chi connectivity index (χ4n) is 9.79. The van der Waals surface area contributed by atoms with Crippen molar-refractivity contribution in [1.29, 1.82) is 0 Å². The maximum absolute atomic E-state index is 13.6. The number of hydrogen-bond donors (Lipinski definition) is 0. The standard InChI is InChI=1S/C36H51NO4/c1-23-18-32-33(37(21-23)34(39)40-22-27-10-7-6-8-11-27)26(4)36(41-32)17-14-28-12-9-13-29-20-30(38)15-16-35(29,5)24(2)19-31(28)25(36)3/h6-8,10-11,23-24,26,28-29,32-33H,9,12-22H2,1-5H3/t23-,24+,26+,28+,29+,32+,33-,35+,36-/m0/s1. The molecule has 0 unspecified atom stereocenters. The molecule has 41 heavy (non-hydrogen) atoms. The molecule has 0 radical (unpaired) electrons. The summed E-state index contributed by atoms with van der Waals surface area (Å²) in [6, 6.07) is 10.0. The highest BCUT2D eigenvalue weighted by molar-refractivity contribution is 5.79. The number of ketones is 1. The van der Waals surface area contributed by atoms with E-state index in [2.05, 4.69) is 34.6 Å². The molecule has 1 spiro atoms. The first-order valence-electron chi connectivity index (χ1n) is 16.5. The van der Waals surface area contributed by atoms with Crippen LogP contribution in [-0.2, 0) is 20.9 Å². The van der Waals surface area contributed by atoms with Gasteiger partial charge in [0.15, 0.2) is 0 Å². The zero-order chi connectivity index (χ0) is 28.9. The van der Waals surface area contributed by atoms with E-state index in [1.54, 1.807) is 5.57 Å². The Morgan fingerprint density at radius 3 is 2.63 bits per heavy atom. The number of Topliss-reactive ketones (excluding diaryl/α,β-unsaturated/α-hetero) is 1. The number of ether oxygens (including phenoxy) is 2. The van der Waals surface area contributed by atoms with Crippen molar-refractivity contribution in [3.8, 4) is 0 Å². The first-order valence-corrected chi connectivity index (χ1v) is 16.5. The van der Waals surface area contributed by atoms with E-state index in [4.69, 9.17) is 9.47 Å². The minimum absolute atomic E-state index is 0.0431. The normalized spacial score (nSPS) is 41.1. The van der Waals surface area contributed by atoms with E-state index in [0.29, 0.717) is 36.1 Å². The van der Waals surface area contributed by atoms with E-state index in [1.807, 2.05) is 35.2 Å². The molecule has 0 aromatic heterocycles. The van der Waals surface area contributed by atoms with E-state index in [1.165, 1.54) is 24.8 Å². The molecule has 4 fully saturated rings. The molecular weight excluding hydrogens is 510 g/mol. The van der Waals surface area contributed by atoms with Gasteiger partial charge < -0.3 is 14.4 Å². The van der Waals surface area contributed by atoms with E-state index in [9.17, 15) is 9.59 Å². The summed E-state index contributed by atoms with van der Waals surface area (Å²) in [5, 5.41) is 0. The van der Waals surface area contributed by atoms with E-state index in [-0.39, 0.29) is 35.2 Å². The lowest BCUT2D eigenvalue weighted by Gasteiger charge is -2.47. The number of hydrogen-bond acceptors (Lipinski definition) is 4. The summed E-state index contributed by atoms with van der Waals surface area (Å²) in [6.07, 6.45) is 10.4. The molecule has 5 heteroatoms. The number of allylic oxidation sites excluding steroid dienone is 1. The van der Waals surface area contributed by atoms with E-state index < -0.39 is 0 Å². The van der Waals surface area contributed by atoms with Crippen molar-refractivity contribution >= 4 is 11.9 Å². The number of rotatable bonds is 2. The van der Waals surface area contributed by atoms with Crippen LogP contribution < -0.4 is 0 Å². The molecule has 5 nitrogen and oxygen atoms in total. The van der Waals surface area contributed by atoms with Gasteiger partial charge in [-0.25, -0.2) is 4.79 Å². The fraction of sp³-hybridized carbons (Fsp3) is 0.722. The zero-order valence-corrected chi connectivity index (χ0v) is 26.0. The Morgan fingerprint density at radius 1 is 1.07 bits per heavy atom. The second-order valence-electron chi connectivity index (χ2n) is 14.7. The highest BCUT2D eigenvalue weighted by Gasteiger charge is 2.60. The molecule has 1 amide bonds. The van der Waals surface area contributed by atoms with Crippen LogP contribution >= 0.6 is 0 Å². The third-order valence-corrected chi connectivity index (χ3v) is 12.5. The number of carbonyl (C=O) groups is 2. The number of nitrogens with zero attached hydrogens (tertiary/aromatic N) is 1. The average Bonchev–Trinajstić information content (AvgIpc) is 3.26. The van der Waals surface area contributed by atoms with Crippen molar-refractivity contribution in [2.75, 3.05) is 6.54 Å². The Bertz CT molecular complexity index is 1180. The topological polar surface area (TPSA) is 55.8 Å². The largest absolute Gasteiger partial charge is 0.445 e. The highest BCUT2D eigenvalue weighted by Crippen LogP contribution is 2.57. The number of piperidine rings is 1. The number of benzene rings is 1. The SMILES string of the molecule is CC1=C2C[C@@H](C)[C@@]3(C)CCC(=O)C[C@H]3CCC[C@@H]2CC[C@]12O[C@@H]1C[C@H](C)CN(C(=O)OCc3ccccc3)[C@H]1[C@H]2C. The minimum Gasteiger partial charge on any atom is -0.445 e. The molecule has 9 atom stereocenters. The summed E-state index contributed by atoms with van der Waals surface area (Å²) in [5.41, 5.74) is 4.04. The molecule has 1 aromatic carbocycles. The molecule has 0 N–H and O–H groups in total. The lowest BCUT2D eigenvalue weighted by Crippen LogP contribution is -2.54. The predicted octanol–water partition coefficient (Wildman–Crippen LogP) is 8.12. The maximum atomic E-state index is 13.6. The Balaban J connectivity index is 1.27. The third-order valence-electron chi connectivity index (χ3n) is 12.5. The number of likely N-dealkylation sites (tertiary alicyclic amines) is 1. The quantitative estimate of drug-likeness (QED) is 0.342. The molecule has 2 saturated heterocycles. The monoisotopic (exact) mass is 561 g/mol. The van der Waals surface area contributed by atoms with Gasteiger partial charge in [0.05, 0.1) is 17.7 Å². The number of fused-ring (bicyclic) bond motifs is 3. The maximum Gasteiger partial charge on any atom is 0.410 e. The molecule has 6 rings (SSSR count). The molecule has 2 aliphatic heterocycles. The first-order chi connectivity index (χ1) is 19.6. The van der Waals surface area contributed by atoms with Crippen LogP contribution in [0.2, 0.25) is 0 Å². The predicted molar refractivity (Wildman–Crippen MR) is 161 cm³/mol. The van der Waals surface area contributed by atoms with Crippen LogP contribution in [0.25, 0.3) is 0 Å². The summed E-state index contributed by atoms with van der Waals surface area (Å²) in [5.74, 6) is 2.76. The Morgan fingerprint density at radius 2 is 1.85 bits per heavy atom. The third kappa shape index (κ3) is 5.08. The fourth-order valence-corrected chi connectivity index (χ4v) is 9.79. The van der Waals surface area contributed by atoms with Gasteiger partial charge in [0.2, 0.25) is 0 Å². The van der Waals surface area contributed by atoms with Gasteiger partial charge in [0.1, 0.15) is 12.4 Å². The minimum atomic E-state index is -0.306. The highest BCUT2D eigenvalue weighted by atomic mass is 16.6. The Labute approximate surface area is 247 Å². The average molecular weight is 562 g/mol. The summed E-state index contributed by atoms with van der Waals surface area (Å²) in [7, 11) is 0. The van der Waals surface area contributed by atoms with Gasteiger partial charge in [0, 0.05) is 25.3 Å². The van der Waals surface area contributed by atoms with Gasteiger partial charge in [-0.2, -0.15) is 0 Å². The number of amides is 1. The van der Waals surface area contributed by atoms with Crippen molar-refractivity contribution in [3.63, 3.8) is 0 Å².